The van der Waals surface area contributed by atoms with E-state index in [1.54, 1.807) is 24.3 Å². The number of halogens is 4. The third-order valence-corrected chi connectivity index (χ3v) is 2.89. The highest BCUT2D eigenvalue weighted by molar-refractivity contribution is 5.45. The Kier molecular flexibility index (Phi) is 4.62. The van der Waals surface area contributed by atoms with Gasteiger partial charge in [-0.05, 0) is 18.1 Å². The van der Waals surface area contributed by atoms with E-state index < -0.39 is 29.2 Å². The lowest BCUT2D eigenvalue weighted by Crippen LogP contribution is -2.12. The molecule has 1 N–H and O–H groups in total. The summed E-state index contributed by atoms with van der Waals surface area (Å²) in [5.41, 5.74) is -0.0711. The molecule has 0 atom stereocenters. The van der Waals surface area contributed by atoms with Gasteiger partial charge in [-0.25, -0.2) is 0 Å². The lowest BCUT2D eigenvalue weighted by atomic mass is 10.1. The molecule has 0 unspecified atom stereocenters. The Labute approximate surface area is 118 Å². The fourth-order valence-electron chi connectivity index (χ4n) is 1.87. The number of ether oxygens (including phenoxy) is 1. The van der Waals surface area contributed by atoms with Gasteiger partial charge in [0.25, 0.3) is 11.9 Å². The van der Waals surface area contributed by atoms with Gasteiger partial charge in [0.2, 0.25) is 11.6 Å². The molecule has 0 saturated heterocycles. The smallest absolute Gasteiger partial charge is 0.253 e. The highest BCUT2D eigenvalue weighted by Gasteiger charge is 2.20. The van der Waals surface area contributed by atoms with Crippen LogP contribution in [0.1, 0.15) is 5.56 Å². The maximum absolute atomic E-state index is 13.4. The summed E-state index contributed by atoms with van der Waals surface area (Å²) in [6.45, 7) is 0.0666. The molecule has 1 aromatic carbocycles. The van der Waals surface area contributed by atoms with E-state index in [1.807, 2.05) is 0 Å². The molecule has 0 spiro atoms. The standard InChI is InChI=1S/C14H12F4N2O/c1-21-9-5-3-2-4-8(9)6-7-19-12-10(15)13(17)20-14(18)11(12)16/h2-5H,6-7H2,1H3,(H,19,20). The number of hydrogen-bond donors (Lipinski definition) is 1. The molecule has 1 heterocycles. The predicted molar refractivity (Wildman–Crippen MR) is 69.3 cm³/mol. The van der Waals surface area contributed by atoms with Crippen LogP contribution >= 0.6 is 0 Å². The second-order valence-electron chi connectivity index (χ2n) is 4.19. The Morgan fingerprint density at radius 1 is 1.05 bits per heavy atom. The molecular weight excluding hydrogens is 288 g/mol. The Hall–Kier alpha value is -2.31. The van der Waals surface area contributed by atoms with Crippen molar-refractivity contribution in [1.29, 1.82) is 0 Å². The van der Waals surface area contributed by atoms with Gasteiger partial charge in [-0.2, -0.15) is 22.5 Å². The van der Waals surface area contributed by atoms with Crippen molar-refractivity contribution >= 4 is 5.69 Å². The molecule has 0 amide bonds. The van der Waals surface area contributed by atoms with Crippen LogP contribution in [0.3, 0.4) is 0 Å². The summed E-state index contributed by atoms with van der Waals surface area (Å²) >= 11 is 0. The molecule has 0 fully saturated rings. The van der Waals surface area contributed by atoms with E-state index in [2.05, 4.69) is 10.3 Å². The molecule has 0 aliphatic carbocycles. The summed E-state index contributed by atoms with van der Waals surface area (Å²) in [5, 5.41) is 2.34. The van der Waals surface area contributed by atoms with Crippen molar-refractivity contribution in [1.82, 2.24) is 4.98 Å². The third-order valence-electron chi connectivity index (χ3n) is 2.89. The van der Waals surface area contributed by atoms with Crippen LogP contribution in [0.4, 0.5) is 23.2 Å². The summed E-state index contributed by atoms with van der Waals surface area (Å²) in [6, 6.07) is 7.08. The highest BCUT2D eigenvalue weighted by Crippen LogP contribution is 2.23. The lowest BCUT2D eigenvalue weighted by molar-refractivity contribution is 0.408. The van der Waals surface area contributed by atoms with Crippen molar-refractivity contribution in [3.05, 3.63) is 53.4 Å². The van der Waals surface area contributed by atoms with Crippen LogP contribution in [-0.2, 0) is 6.42 Å². The van der Waals surface area contributed by atoms with Crippen LogP contribution in [0.2, 0.25) is 0 Å². The third kappa shape index (κ3) is 3.24. The molecule has 2 rings (SSSR count). The van der Waals surface area contributed by atoms with E-state index in [1.165, 1.54) is 7.11 Å². The van der Waals surface area contributed by atoms with Gasteiger partial charge in [0.15, 0.2) is 0 Å². The average molecular weight is 300 g/mol. The summed E-state index contributed by atoms with van der Waals surface area (Å²) in [5.74, 6) is -5.85. The Bertz CT molecular complexity index is 623. The van der Waals surface area contributed by atoms with E-state index in [0.717, 1.165) is 5.56 Å². The zero-order chi connectivity index (χ0) is 15.4. The summed E-state index contributed by atoms with van der Waals surface area (Å²) < 4.78 is 57.8. The first kappa shape index (κ1) is 15.1. The molecule has 7 heteroatoms. The molecule has 1 aromatic heterocycles. The van der Waals surface area contributed by atoms with Crippen LogP contribution in [-0.4, -0.2) is 18.6 Å². The van der Waals surface area contributed by atoms with Crippen LogP contribution in [0.25, 0.3) is 0 Å². The van der Waals surface area contributed by atoms with Gasteiger partial charge in [0, 0.05) is 6.54 Å². The van der Waals surface area contributed by atoms with Crippen molar-refractivity contribution in [3.8, 4) is 5.75 Å². The number of anilines is 1. The number of hydrogen-bond acceptors (Lipinski definition) is 3. The molecule has 2 aromatic rings. The second-order valence-corrected chi connectivity index (χ2v) is 4.19. The minimum Gasteiger partial charge on any atom is -0.496 e. The zero-order valence-electron chi connectivity index (χ0n) is 11.1. The minimum atomic E-state index is -1.69. The van der Waals surface area contributed by atoms with Gasteiger partial charge < -0.3 is 10.1 Å². The Morgan fingerprint density at radius 2 is 1.67 bits per heavy atom. The SMILES string of the molecule is COc1ccccc1CCNc1c(F)c(F)nc(F)c1F. The van der Waals surface area contributed by atoms with Crippen LogP contribution in [0.15, 0.2) is 24.3 Å². The number of nitrogens with zero attached hydrogens (tertiary/aromatic N) is 1. The number of pyridine rings is 1. The van der Waals surface area contributed by atoms with Crippen molar-refractivity contribution in [3.63, 3.8) is 0 Å². The van der Waals surface area contributed by atoms with E-state index in [9.17, 15) is 17.6 Å². The van der Waals surface area contributed by atoms with Crippen molar-refractivity contribution in [2.24, 2.45) is 0 Å². The summed E-state index contributed by atoms with van der Waals surface area (Å²) in [4.78, 5) is 2.48. The maximum Gasteiger partial charge on any atom is 0.253 e. The van der Waals surface area contributed by atoms with Crippen molar-refractivity contribution in [2.45, 2.75) is 6.42 Å². The van der Waals surface area contributed by atoms with E-state index >= 15 is 0 Å². The number of para-hydroxylation sites is 1. The van der Waals surface area contributed by atoms with Crippen molar-refractivity contribution in [2.75, 3.05) is 19.0 Å². The van der Waals surface area contributed by atoms with E-state index in [-0.39, 0.29) is 6.54 Å². The monoisotopic (exact) mass is 300 g/mol. The van der Waals surface area contributed by atoms with E-state index in [0.29, 0.717) is 12.2 Å². The normalized spacial score (nSPS) is 10.5. The van der Waals surface area contributed by atoms with Crippen LogP contribution < -0.4 is 10.1 Å². The van der Waals surface area contributed by atoms with Gasteiger partial charge in [-0.3, -0.25) is 0 Å². The van der Waals surface area contributed by atoms with Crippen LogP contribution in [0, 0.1) is 23.5 Å². The van der Waals surface area contributed by atoms with E-state index in [4.69, 9.17) is 4.74 Å². The minimum absolute atomic E-state index is 0.0666. The Morgan fingerprint density at radius 3 is 2.29 bits per heavy atom. The molecule has 0 saturated carbocycles. The van der Waals surface area contributed by atoms with Gasteiger partial charge in [-0.1, -0.05) is 18.2 Å². The van der Waals surface area contributed by atoms with Crippen molar-refractivity contribution < 1.29 is 22.3 Å². The average Bonchev–Trinajstić information content (AvgIpc) is 2.49. The molecule has 0 aliphatic rings. The molecule has 112 valence electrons. The number of methoxy groups -OCH3 is 1. The first-order valence-corrected chi connectivity index (χ1v) is 6.10. The fraction of sp³-hybridized carbons (Fsp3) is 0.214. The molecule has 21 heavy (non-hydrogen) atoms. The highest BCUT2D eigenvalue weighted by atomic mass is 19.2. The first-order chi connectivity index (χ1) is 10.0. The van der Waals surface area contributed by atoms with Crippen LogP contribution in [0.5, 0.6) is 5.75 Å². The lowest BCUT2D eigenvalue weighted by Gasteiger charge is -2.11. The predicted octanol–water partition coefficient (Wildman–Crippen LogP) is 3.30. The van der Waals surface area contributed by atoms with Gasteiger partial charge in [-0.15, -0.1) is 0 Å². The first-order valence-electron chi connectivity index (χ1n) is 6.10. The number of rotatable bonds is 5. The second kappa shape index (κ2) is 6.43. The molecule has 0 aliphatic heterocycles. The number of benzene rings is 1. The largest absolute Gasteiger partial charge is 0.496 e. The summed E-state index contributed by atoms with van der Waals surface area (Å²) in [6.07, 6.45) is 0.356. The zero-order valence-corrected chi connectivity index (χ0v) is 11.1. The molecule has 3 nitrogen and oxygen atoms in total. The number of aromatic nitrogens is 1. The maximum atomic E-state index is 13.4. The molecular formula is C14H12F4N2O. The summed E-state index contributed by atoms with van der Waals surface area (Å²) in [7, 11) is 1.50. The van der Waals surface area contributed by atoms with Gasteiger partial charge >= 0.3 is 0 Å². The molecule has 0 bridgehead atoms. The molecule has 0 radical (unpaired) electrons. The number of nitrogens with one attached hydrogen (secondary N) is 1. The quantitative estimate of drug-likeness (QED) is 0.679. The Balaban J connectivity index is 2.11. The van der Waals surface area contributed by atoms with Gasteiger partial charge in [0.05, 0.1) is 7.11 Å². The topological polar surface area (TPSA) is 34.1 Å². The fourth-order valence-corrected chi connectivity index (χ4v) is 1.87. The van der Waals surface area contributed by atoms with Gasteiger partial charge in [0.1, 0.15) is 11.4 Å².